The zero-order chi connectivity index (χ0) is 17.5. The lowest BCUT2D eigenvalue weighted by Crippen LogP contribution is -2.37. The summed E-state index contributed by atoms with van der Waals surface area (Å²) in [4.78, 5) is 4.53. The number of aryl methyl sites for hydroxylation is 2. The average molecular weight is 457 g/mol. The van der Waals surface area contributed by atoms with Crippen molar-refractivity contribution in [3.63, 3.8) is 0 Å². The summed E-state index contributed by atoms with van der Waals surface area (Å²) >= 11 is 0. The topological polar surface area (TPSA) is 56.7 Å². The van der Waals surface area contributed by atoms with Crippen molar-refractivity contribution in [3.8, 4) is 5.75 Å². The summed E-state index contributed by atoms with van der Waals surface area (Å²) in [6.45, 7) is 7.29. The highest BCUT2D eigenvalue weighted by Gasteiger charge is 2.05. The fourth-order valence-electron chi connectivity index (χ4n) is 2.47. The number of benzene rings is 2. The van der Waals surface area contributed by atoms with Crippen molar-refractivity contribution < 1.29 is 9.50 Å². The smallest absolute Gasteiger partial charge is 0.191 e. The third kappa shape index (κ3) is 6.19. The van der Waals surface area contributed by atoms with Gasteiger partial charge in [-0.25, -0.2) is 9.38 Å². The zero-order valence-corrected chi connectivity index (χ0v) is 17.1. The van der Waals surface area contributed by atoms with Gasteiger partial charge in [0.1, 0.15) is 11.6 Å². The Hall–Kier alpha value is -1.83. The van der Waals surface area contributed by atoms with Crippen LogP contribution in [0.1, 0.15) is 29.2 Å². The molecule has 2 aromatic rings. The lowest BCUT2D eigenvalue weighted by atomic mass is 10.1. The lowest BCUT2D eigenvalue weighted by molar-refractivity contribution is 0.466. The maximum atomic E-state index is 13.7. The van der Waals surface area contributed by atoms with Gasteiger partial charge in [-0.15, -0.1) is 24.0 Å². The SMILES string of the molecule is CCNC(=NCc1cc(C)c(O)c(C)c1)NCc1ccccc1F.I. The Bertz CT molecular complexity index is 711. The van der Waals surface area contributed by atoms with E-state index in [-0.39, 0.29) is 29.8 Å². The normalized spacial score (nSPS) is 11.0. The summed E-state index contributed by atoms with van der Waals surface area (Å²) in [5.74, 6) is 0.724. The molecule has 0 saturated carbocycles. The van der Waals surface area contributed by atoms with Crippen molar-refractivity contribution in [2.45, 2.75) is 33.9 Å². The number of guanidine groups is 1. The molecule has 0 amide bonds. The van der Waals surface area contributed by atoms with Crippen LogP contribution >= 0.6 is 24.0 Å². The van der Waals surface area contributed by atoms with Crippen molar-refractivity contribution in [3.05, 3.63) is 64.5 Å². The van der Waals surface area contributed by atoms with Crippen molar-refractivity contribution in [2.75, 3.05) is 6.54 Å². The fraction of sp³-hybridized carbons (Fsp3) is 0.316. The second kappa shape index (κ2) is 10.2. The molecule has 0 bridgehead atoms. The van der Waals surface area contributed by atoms with Crippen molar-refractivity contribution in [2.24, 2.45) is 4.99 Å². The van der Waals surface area contributed by atoms with Gasteiger partial charge in [0.15, 0.2) is 5.96 Å². The number of nitrogens with one attached hydrogen (secondary N) is 2. The number of hydrogen-bond acceptors (Lipinski definition) is 2. The maximum Gasteiger partial charge on any atom is 0.191 e. The molecule has 0 radical (unpaired) electrons. The number of halogens is 2. The van der Waals surface area contributed by atoms with Crippen LogP contribution in [0, 0.1) is 19.7 Å². The first-order chi connectivity index (χ1) is 11.5. The Morgan fingerprint density at radius 1 is 1.12 bits per heavy atom. The van der Waals surface area contributed by atoms with Crippen LogP contribution < -0.4 is 10.6 Å². The molecule has 2 rings (SSSR count). The van der Waals surface area contributed by atoms with Crippen LogP contribution in [-0.4, -0.2) is 17.6 Å². The Balaban J connectivity index is 0.00000312. The standard InChI is InChI=1S/C19H24FN3O.HI/c1-4-21-19(23-12-16-7-5-6-8-17(16)20)22-11-15-9-13(2)18(24)14(3)10-15;/h5-10,24H,4,11-12H2,1-3H3,(H2,21,22,23);1H. The van der Waals surface area contributed by atoms with Crippen molar-refractivity contribution in [1.82, 2.24) is 10.6 Å². The highest BCUT2D eigenvalue weighted by Crippen LogP contribution is 2.23. The van der Waals surface area contributed by atoms with Gasteiger partial charge in [-0.05, 0) is 43.5 Å². The molecule has 0 aliphatic rings. The second-order valence-electron chi connectivity index (χ2n) is 5.72. The quantitative estimate of drug-likeness (QED) is 0.361. The van der Waals surface area contributed by atoms with E-state index in [9.17, 15) is 9.50 Å². The van der Waals surface area contributed by atoms with E-state index in [0.29, 0.717) is 30.4 Å². The average Bonchev–Trinajstić information content (AvgIpc) is 2.56. The predicted octanol–water partition coefficient (Wildman–Crippen LogP) is 4.02. The van der Waals surface area contributed by atoms with E-state index in [2.05, 4.69) is 15.6 Å². The highest BCUT2D eigenvalue weighted by molar-refractivity contribution is 14.0. The van der Waals surface area contributed by atoms with Gasteiger partial charge < -0.3 is 15.7 Å². The summed E-state index contributed by atoms with van der Waals surface area (Å²) < 4.78 is 13.7. The Kier molecular flexibility index (Phi) is 8.68. The molecule has 136 valence electrons. The number of aliphatic imine (C=N–C) groups is 1. The molecule has 6 heteroatoms. The van der Waals surface area contributed by atoms with E-state index >= 15 is 0 Å². The molecular formula is C19H25FIN3O. The highest BCUT2D eigenvalue weighted by atomic mass is 127. The van der Waals surface area contributed by atoms with Gasteiger partial charge in [0, 0.05) is 18.7 Å². The van der Waals surface area contributed by atoms with Crippen molar-refractivity contribution >= 4 is 29.9 Å². The van der Waals surface area contributed by atoms with Crippen molar-refractivity contribution in [1.29, 1.82) is 0 Å². The van der Waals surface area contributed by atoms with Gasteiger partial charge in [-0.3, -0.25) is 0 Å². The molecule has 4 nitrogen and oxygen atoms in total. The molecule has 0 saturated heterocycles. The number of aromatic hydroxyl groups is 1. The van der Waals surface area contributed by atoms with Gasteiger partial charge in [-0.1, -0.05) is 30.3 Å². The van der Waals surface area contributed by atoms with Gasteiger partial charge in [0.05, 0.1) is 6.54 Å². The molecule has 0 aromatic heterocycles. The van der Waals surface area contributed by atoms with Gasteiger partial charge in [0.2, 0.25) is 0 Å². The van der Waals surface area contributed by atoms with Gasteiger partial charge in [0.25, 0.3) is 0 Å². The summed E-state index contributed by atoms with van der Waals surface area (Å²) in [5.41, 5.74) is 3.29. The van der Waals surface area contributed by atoms with Crippen LogP contribution in [0.15, 0.2) is 41.4 Å². The van der Waals surface area contributed by atoms with Crippen LogP contribution in [0.4, 0.5) is 4.39 Å². The molecule has 0 unspecified atom stereocenters. The molecule has 0 aliphatic heterocycles. The van der Waals surface area contributed by atoms with E-state index < -0.39 is 0 Å². The minimum atomic E-state index is -0.231. The first kappa shape index (κ1) is 21.2. The van der Waals surface area contributed by atoms with Gasteiger partial charge >= 0.3 is 0 Å². The van der Waals surface area contributed by atoms with E-state index in [4.69, 9.17) is 0 Å². The maximum absolute atomic E-state index is 13.7. The zero-order valence-electron chi connectivity index (χ0n) is 14.8. The van der Waals surface area contributed by atoms with E-state index in [1.807, 2.05) is 39.0 Å². The summed E-state index contributed by atoms with van der Waals surface area (Å²) in [5, 5.41) is 16.1. The Morgan fingerprint density at radius 2 is 1.76 bits per heavy atom. The number of phenolic OH excluding ortho intramolecular Hbond substituents is 1. The third-order valence-corrected chi connectivity index (χ3v) is 3.72. The molecule has 3 N–H and O–H groups in total. The Labute approximate surface area is 165 Å². The third-order valence-electron chi connectivity index (χ3n) is 3.72. The number of phenols is 1. The minimum absolute atomic E-state index is 0. The molecule has 25 heavy (non-hydrogen) atoms. The van der Waals surface area contributed by atoms with E-state index in [1.54, 1.807) is 12.1 Å². The van der Waals surface area contributed by atoms with Gasteiger partial charge in [-0.2, -0.15) is 0 Å². The fourth-order valence-corrected chi connectivity index (χ4v) is 2.47. The van der Waals surface area contributed by atoms with Crippen LogP contribution in [0.5, 0.6) is 5.75 Å². The van der Waals surface area contributed by atoms with Crippen LogP contribution in [0.2, 0.25) is 0 Å². The van der Waals surface area contributed by atoms with Crippen LogP contribution in [0.25, 0.3) is 0 Å². The molecule has 0 atom stereocenters. The first-order valence-electron chi connectivity index (χ1n) is 8.06. The van der Waals surface area contributed by atoms with E-state index in [0.717, 1.165) is 23.2 Å². The van der Waals surface area contributed by atoms with E-state index in [1.165, 1.54) is 6.07 Å². The molecule has 0 spiro atoms. The van der Waals surface area contributed by atoms with Crippen LogP contribution in [-0.2, 0) is 13.1 Å². The number of hydrogen-bond donors (Lipinski definition) is 3. The molecule has 0 aliphatic carbocycles. The largest absolute Gasteiger partial charge is 0.507 e. The molecule has 0 fully saturated rings. The summed E-state index contributed by atoms with van der Waals surface area (Å²) in [7, 11) is 0. The Morgan fingerprint density at radius 3 is 2.36 bits per heavy atom. The number of nitrogens with zero attached hydrogens (tertiary/aromatic N) is 1. The second-order valence-corrected chi connectivity index (χ2v) is 5.72. The lowest BCUT2D eigenvalue weighted by Gasteiger charge is -2.12. The first-order valence-corrected chi connectivity index (χ1v) is 8.06. The minimum Gasteiger partial charge on any atom is -0.507 e. The molecule has 0 heterocycles. The monoisotopic (exact) mass is 457 g/mol. The summed E-state index contributed by atoms with van der Waals surface area (Å²) in [6, 6.07) is 10.5. The number of rotatable bonds is 5. The molecular weight excluding hydrogens is 432 g/mol. The molecule has 2 aromatic carbocycles. The summed E-state index contributed by atoms with van der Waals surface area (Å²) in [6.07, 6.45) is 0. The van der Waals surface area contributed by atoms with Crippen LogP contribution in [0.3, 0.4) is 0 Å². The predicted molar refractivity (Wildman–Crippen MR) is 111 cm³/mol.